The van der Waals surface area contributed by atoms with E-state index in [2.05, 4.69) is 17.1 Å². The molecule has 1 heterocycles. The van der Waals surface area contributed by atoms with E-state index in [-0.39, 0.29) is 0 Å². The zero-order valence-electron chi connectivity index (χ0n) is 10.9. The van der Waals surface area contributed by atoms with E-state index in [0.717, 1.165) is 12.0 Å². The summed E-state index contributed by atoms with van der Waals surface area (Å²) in [6.45, 7) is 7.30. The van der Waals surface area contributed by atoms with Crippen molar-refractivity contribution < 1.29 is 0 Å². The molecule has 16 heavy (non-hydrogen) atoms. The highest BCUT2D eigenvalue weighted by Gasteiger charge is 2.22. The van der Waals surface area contributed by atoms with Gasteiger partial charge in [0.05, 0.1) is 0 Å². The number of likely N-dealkylation sites (N-methyl/N-ethyl adjacent to an activating group) is 1. The van der Waals surface area contributed by atoms with Crippen LogP contribution in [0, 0.1) is 5.92 Å². The van der Waals surface area contributed by atoms with Crippen molar-refractivity contribution in [2.24, 2.45) is 5.92 Å². The third-order valence-corrected chi connectivity index (χ3v) is 4.48. The summed E-state index contributed by atoms with van der Waals surface area (Å²) in [6.07, 6.45) is 10.2. The molecular formula is C14H28N2. The number of likely N-dealkylation sites (tertiary alicyclic amines) is 1. The molecule has 1 saturated carbocycles. The Morgan fingerprint density at radius 1 is 1.19 bits per heavy atom. The zero-order chi connectivity index (χ0) is 11.2. The molecule has 0 aromatic heterocycles. The number of nitrogens with zero attached hydrogens (tertiary/aromatic N) is 1. The Hall–Kier alpha value is -0.0800. The second kappa shape index (κ2) is 6.61. The van der Waals surface area contributed by atoms with Gasteiger partial charge in [-0.1, -0.05) is 26.2 Å². The van der Waals surface area contributed by atoms with Gasteiger partial charge in [-0.15, -0.1) is 0 Å². The van der Waals surface area contributed by atoms with Crippen LogP contribution in [-0.4, -0.2) is 37.1 Å². The van der Waals surface area contributed by atoms with Crippen LogP contribution in [0.25, 0.3) is 0 Å². The Labute approximate surface area is 101 Å². The predicted octanol–water partition coefficient (Wildman–Crippen LogP) is 2.64. The van der Waals surface area contributed by atoms with Crippen LogP contribution in [0.15, 0.2) is 0 Å². The standard InChI is InChI=1S/C14H28N2/c1-2-16-11-5-9-14(16)12-15-10-4-8-13-6-3-7-13/h13-15H,2-12H2,1H3. The summed E-state index contributed by atoms with van der Waals surface area (Å²) in [7, 11) is 0. The van der Waals surface area contributed by atoms with E-state index in [1.54, 1.807) is 0 Å². The largest absolute Gasteiger partial charge is 0.315 e. The fraction of sp³-hybridized carbons (Fsp3) is 1.00. The van der Waals surface area contributed by atoms with Gasteiger partial charge >= 0.3 is 0 Å². The summed E-state index contributed by atoms with van der Waals surface area (Å²) in [6, 6.07) is 0.828. The molecule has 1 aliphatic carbocycles. The van der Waals surface area contributed by atoms with Gasteiger partial charge in [-0.3, -0.25) is 4.90 Å². The summed E-state index contributed by atoms with van der Waals surface area (Å²) in [4.78, 5) is 2.62. The SMILES string of the molecule is CCN1CCCC1CNCCCC1CCC1. The van der Waals surface area contributed by atoms with E-state index >= 15 is 0 Å². The summed E-state index contributed by atoms with van der Waals surface area (Å²) in [5, 5.41) is 3.65. The number of hydrogen-bond acceptors (Lipinski definition) is 2. The minimum absolute atomic E-state index is 0.828. The van der Waals surface area contributed by atoms with Crippen LogP contribution in [0.3, 0.4) is 0 Å². The molecule has 94 valence electrons. The van der Waals surface area contributed by atoms with Crippen LogP contribution in [-0.2, 0) is 0 Å². The van der Waals surface area contributed by atoms with Crippen molar-refractivity contribution in [3.63, 3.8) is 0 Å². The molecule has 1 unspecified atom stereocenters. The molecule has 1 atom stereocenters. The van der Waals surface area contributed by atoms with Gasteiger partial charge in [0.15, 0.2) is 0 Å². The van der Waals surface area contributed by atoms with E-state index in [1.807, 2.05) is 0 Å². The third kappa shape index (κ3) is 3.46. The Balaban J connectivity index is 1.47. The minimum Gasteiger partial charge on any atom is -0.315 e. The van der Waals surface area contributed by atoms with Gasteiger partial charge in [-0.05, 0) is 51.2 Å². The van der Waals surface area contributed by atoms with Crippen molar-refractivity contribution in [2.45, 2.75) is 57.9 Å². The molecule has 0 aromatic rings. The van der Waals surface area contributed by atoms with Crippen molar-refractivity contribution in [2.75, 3.05) is 26.2 Å². The maximum Gasteiger partial charge on any atom is 0.0220 e. The summed E-state index contributed by atoms with van der Waals surface area (Å²) >= 11 is 0. The maximum atomic E-state index is 3.65. The molecule has 0 spiro atoms. The monoisotopic (exact) mass is 224 g/mol. The zero-order valence-corrected chi connectivity index (χ0v) is 10.9. The molecule has 2 aliphatic rings. The molecule has 2 rings (SSSR count). The smallest absolute Gasteiger partial charge is 0.0220 e. The predicted molar refractivity (Wildman–Crippen MR) is 69.7 cm³/mol. The molecule has 0 amide bonds. The highest BCUT2D eigenvalue weighted by atomic mass is 15.2. The second-order valence-electron chi connectivity index (χ2n) is 5.57. The lowest BCUT2D eigenvalue weighted by molar-refractivity contribution is 0.255. The Kier molecular flexibility index (Phi) is 5.11. The molecule has 0 bridgehead atoms. The lowest BCUT2D eigenvalue weighted by Crippen LogP contribution is -2.38. The first-order valence-electron chi connectivity index (χ1n) is 7.35. The van der Waals surface area contributed by atoms with Crippen LogP contribution in [0.5, 0.6) is 0 Å². The quantitative estimate of drug-likeness (QED) is 0.669. The minimum atomic E-state index is 0.828. The van der Waals surface area contributed by atoms with Crippen molar-refractivity contribution in [1.29, 1.82) is 0 Å². The number of nitrogens with one attached hydrogen (secondary N) is 1. The molecule has 2 heteroatoms. The van der Waals surface area contributed by atoms with Crippen LogP contribution < -0.4 is 5.32 Å². The van der Waals surface area contributed by atoms with Crippen LogP contribution in [0.1, 0.15) is 51.9 Å². The van der Waals surface area contributed by atoms with Gasteiger partial charge in [-0.25, -0.2) is 0 Å². The van der Waals surface area contributed by atoms with Crippen LogP contribution >= 0.6 is 0 Å². The maximum absolute atomic E-state index is 3.65. The normalized spacial score (nSPS) is 27.2. The highest BCUT2D eigenvalue weighted by Crippen LogP contribution is 2.30. The van der Waals surface area contributed by atoms with Gasteiger partial charge in [0.1, 0.15) is 0 Å². The van der Waals surface area contributed by atoms with Crippen molar-refractivity contribution in [3.05, 3.63) is 0 Å². The van der Waals surface area contributed by atoms with Crippen LogP contribution in [0.2, 0.25) is 0 Å². The summed E-state index contributed by atoms with van der Waals surface area (Å²) in [5.41, 5.74) is 0. The molecule has 0 radical (unpaired) electrons. The van der Waals surface area contributed by atoms with Gasteiger partial charge in [-0.2, -0.15) is 0 Å². The fourth-order valence-electron chi connectivity index (χ4n) is 3.11. The summed E-state index contributed by atoms with van der Waals surface area (Å²) in [5.74, 6) is 1.08. The van der Waals surface area contributed by atoms with Crippen molar-refractivity contribution in [3.8, 4) is 0 Å². The Morgan fingerprint density at radius 3 is 2.75 bits per heavy atom. The van der Waals surface area contributed by atoms with Gasteiger partial charge in [0, 0.05) is 12.6 Å². The first-order chi connectivity index (χ1) is 7.90. The van der Waals surface area contributed by atoms with E-state index in [9.17, 15) is 0 Å². The molecule has 0 aromatic carbocycles. The Bertz CT molecular complexity index is 189. The molecule has 1 N–H and O–H groups in total. The van der Waals surface area contributed by atoms with Crippen LogP contribution in [0.4, 0.5) is 0 Å². The first-order valence-corrected chi connectivity index (χ1v) is 7.35. The molecule has 2 nitrogen and oxygen atoms in total. The molecule has 1 aliphatic heterocycles. The lowest BCUT2D eigenvalue weighted by atomic mass is 9.82. The van der Waals surface area contributed by atoms with E-state index in [0.29, 0.717) is 0 Å². The van der Waals surface area contributed by atoms with E-state index in [4.69, 9.17) is 0 Å². The highest BCUT2D eigenvalue weighted by molar-refractivity contribution is 4.80. The second-order valence-corrected chi connectivity index (χ2v) is 5.57. The lowest BCUT2D eigenvalue weighted by Gasteiger charge is -2.26. The van der Waals surface area contributed by atoms with E-state index in [1.165, 1.54) is 71.1 Å². The number of hydrogen-bond donors (Lipinski definition) is 1. The topological polar surface area (TPSA) is 15.3 Å². The first kappa shape index (κ1) is 12.4. The molecular weight excluding hydrogens is 196 g/mol. The van der Waals surface area contributed by atoms with Crippen molar-refractivity contribution in [1.82, 2.24) is 10.2 Å². The van der Waals surface area contributed by atoms with Gasteiger partial charge < -0.3 is 5.32 Å². The van der Waals surface area contributed by atoms with E-state index < -0.39 is 0 Å². The van der Waals surface area contributed by atoms with Gasteiger partial charge in [0.25, 0.3) is 0 Å². The third-order valence-electron chi connectivity index (χ3n) is 4.48. The average Bonchev–Trinajstić information content (AvgIpc) is 2.68. The number of rotatable bonds is 7. The molecule has 2 fully saturated rings. The van der Waals surface area contributed by atoms with Gasteiger partial charge in [0.2, 0.25) is 0 Å². The Morgan fingerprint density at radius 2 is 2.06 bits per heavy atom. The fourth-order valence-corrected chi connectivity index (χ4v) is 3.11. The summed E-state index contributed by atoms with van der Waals surface area (Å²) < 4.78 is 0. The molecule has 1 saturated heterocycles. The average molecular weight is 224 g/mol. The van der Waals surface area contributed by atoms with Crippen molar-refractivity contribution >= 4 is 0 Å².